The molecule has 0 atom stereocenters. The van der Waals surface area contributed by atoms with Gasteiger partial charge < -0.3 is 4.90 Å². The highest BCUT2D eigenvalue weighted by Gasteiger charge is 2.39. The molecule has 1 heterocycles. The van der Waals surface area contributed by atoms with E-state index in [1.807, 2.05) is 11.3 Å². The molecule has 0 bridgehead atoms. The number of hydrogen-bond acceptors (Lipinski definition) is 2. The second-order valence-corrected chi connectivity index (χ2v) is 15.2. The lowest BCUT2D eigenvalue weighted by atomic mass is 9.80. The van der Waals surface area contributed by atoms with Crippen LogP contribution < -0.4 is 4.90 Å². The molecule has 1 aliphatic rings. The average Bonchev–Trinajstić information content (AvgIpc) is 3.68. The summed E-state index contributed by atoms with van der Waals surface area (Å²) in [6.45, 7) is 4.77. The second-order valence-electron chi connectivity index (χ2n) is 14.1. The Morgan fingerprint density at radius 2 is 1.10 bits per heavy atom. The van der Waals surface area contributed by atoms with E-state index in [2.05, 4.69) is 195 Å². The van der Waals surface area contributed by atoms with Gasteiger partial charge in [0.1, 0.15) is 0 Å². The van der Waals surface area contributed by atoms with E-state index in [0.29, 0.717) is 0 Å². The van der Waals surface area contributed by atoms with Crippen LogP contribution in [0, 0.1) is 0 Å². The normalized spacial score (nSPS) is 13.1. The van der Waals surface area contributed by atoms with Gasteiger partial charge >= 0.3 is 0 Å². The number of rotatable bonds is 5. The predicted molar refractivity (Wildman–Crippen MR) is 220 cm³/mol. The maximum absolute atomic E-state index is 2.51. The molecule has 242 valence electrons. The standard InChI is InChI=1S/C49H35NS/c1-49(2)42-21-11-8-20-40(42)47-44(31-35-16-6-7-18-38(35)48(47)49)50(43-22-12-9-17-37(43)33-14-4-3-5-15-33)36-27-24-32(25-28-36)34-26-29-46-41(30-34)39-19-10-13-23-45(39)51-46/h3-31H,1-2H3. The van der Waals surface area contributed by atoms with Gasteiger partial charge in [0.2, 0.25) is 0 Å². The van der Waals surface area contributed by atoms with Crippen LogP contribution in [0.15, 0.2) is 176 Å². The van der Waals surface area contributed by atoms with E-state index in [1.165, 1.54) is 81.1 Å². The van der Waals surface area contributed by atoms with Crippen LogP contribution in [0.5, 0.6) is 0 Å². The third-order valence-electron chi connectivity index (χ3n) is 10.8. The van der Waals surface area contributed by atoms with Crippen LogP contribution in [0.4, 0.5) is 17.1 Å². The van der Waals surface area contributed by atoms with Gasteiger partial charge in [0.25, 0.3) is 0 Å². The number of anilines is 3. The Kier molecular flexibility index (Phi) is 6.78. The molecule has 0 amide bonds. The van der Waals surface area contributed by atoms with Crippen molar-refractivity contribution in [3.63, 3.8) is 0 Å². The zero-order valence-corrected chi connectivity index (χ0v) is 29.4. The van der Waals surface area contributed by atoms with Crippen molar-refractivity contribution >= 4 is 59.3 Å². The molecule has 51 heavy (non-hydrogen) atoms. The fourth-order valence-corrected chi connectivity index (χ4v) is 9.55. The fraction of sp³-hybridized carbons (Fsp3) is 0.0612. The van der Waals surface area contributed by atoms with Crippen molar-refractivity contribution in [1.29, 1.82) is 0 Å². The first kappa shape index (κ1) is 29.9. The smallest absolute Gasteiger partial charge is 0.0549 e. The summed E-state index contributed by atoms with van der Waals surface area (Å²) < 4.78 is 2.66. The van der Waals surface area contributed by atoms with Crippen LogP contribution in [0.1, 0.15) is 25.0 Å². The van der Waals surface area contributed by atoms with Crippen molar-refractivity contribution in [3.8, 4) is 33.4 Å². The number of nitrogens with zero attached hydrogens (tertiary/aromatic N) is 1. The van der Waals surface area contributed by atoms with Crippen molar-refractivity contribution < 1.29 is 0 Å². The fourth-order valence-electron chi connectivity index (χ4n) is 8.46. The number of thiophene rings is 1. The van der Waals surface area contributed by atoms with Crippen molar-refractivity contribution in [2.45, 2.75) is 19.3 Å². The summed E-state index contributed by atoms with van der Waals surface area (Å²) >= 11 is 1.87. The van der Waals surface area contributed by atoms with E-state index >= 15 is 0 Å². The summed E-state index contributed by atoms with van der Waals surface area (Å²) in [5, 5.41) is 5.22. The van der Waals surface area contributed by atoms with Crippen LogP contribution in [-0.4, -0.2) is 0 Å². The minimum atomic E-state index is -0.152. The SMILES string of the molecule is CC1(C)c2ccccc2-c2c(N(c3ccc(-c4ccc5sc6ccccc6c5c4)cc3)c3ccccc3-c3ccccc3)cc3ccccc3c21. The topological polar surface area (TPSA) is 3.24 Å². The van der Waals surface area contributed by atoms with Crippen molar-refractivity contribution in [2.75, 3.05) is 4.90 Å². The summed E-state index contributed by atoms with van der Waals surface area (Å²) in [5.41, 5.74) is 13.6. The molecule has 1 aliphatic carbocycles. The largest absolute Gasteiger partial charge is 0.309 e. The zero-order chi connectivity index (χ0) is 34.1. The molecule has 0 saturated heterocycles. The highest BCUT2D eigenvalue weighted by Crippen LogP contribution is 2.57. The molecular weight excluding hydrogens is 635 g/mol. The molecule has 0 spiro atoms. The molecule has 0 saturated carbocycles. The van der Waals surface area contributed by atoms with Crippen LogP contribution in [0.3, 0.4) is 0 Å². The molecule has 0 unspecified atom stereocenters. The Morgan fingerprint density at radius 1 is 0.451 bits per heavy atom. The van der Waals surface area contributed by atoms with Gasteiger partial charge in [-0.15, -0.1) is 11.3 Å². The van der Waals surface area contributed by atoms with Gasteiger partial charge in [0, 0.05) is 42.4 Å². The van der Waals surface area contributed by atoms with Crippen LogP contribution >= 0.6 is 11.3 Å². The lowest BCUT2D eigenvalue weighted by Gasteiger charge is -2.31. The molecule has 0 N–H and O–H groups in total. The van der Waals surface area contributed by atoms with E-state index in [-0.39, 0.29) is 5.41 Å². The molecule has 0 aliphatic heterocycles. The van der Waals surface area contributed by atoms with Gasteiger partial charge in [-0.1, -0.05) is 147 Å². The maximum Gasteiger partial charge on any atom is 0.0549 e. The first-order valence-electron chi connectivity index (χ1n) is 17.7. The Morgan fingerprint density at radius 3 is 1.94 bits per heavy atom. The lowest BCUT2D eigenvalue weighted by molar-refractivity contribution is 0.666. The quantitative estimate of drug-likeness (QED) is 0.176. The van der Waals surface area contributed by atoms with E-state index < -0.39 is 0 Å². The maximum atomic E-state index is 2.51. The number of hydrogen-bond donors (Lipinski definition) is 0. The van der Waals surface area contributed by atoms with E-state index in [0.717, 1.165) is 11.4 Å². The lowest BCUT2D eigenvalue weighted by Crippen LogP contribution is -2.17. The Balaban J connectivity index is 1.22. The average molecular weight is 670 g/mol. The number of fused-ring (bicyclic) bond motifs is 8. The van der Waals surface area contributed by atoms with Gasteiger partial charge in [-0.3, -0.25) is 0 Å². The second kappa shape index (κ2) is 11.6. The first-order chi connectivity index (χ1) is 25.1. The minimum absolute atomic E-state index is 0.152. The molecule has 1 nitrogen and oxygen atoms in total. The van der Waals surface area contributed by atoms with Crippen LogP contribution in [-0.2, 0) is 5.41 Å². The molecule has 0 radical (unpaired) electrons. The molecule has 10 rings (SSSR count). The van der Waals surface area contributed by atoms with Crippen molar-refractivity contribution in [2.24, 2.45) is 0 Å². The van der Waals surface area contributed by atoms with Gasteiger partial charge in [0.15, 0.2) is 0 Å². The van der Waals surface area contributed by atoms with Gasteiger partial charge in [-0.25, -0.2) is 0 Å². The molecule has 9 aromatic rings. The minimum Gasteiger partial charge on any atom is -0.309 e. The first-order valence-corrected chi connectivity index (χ1v) is 18.5. The van der Waals surface area contributed by atoms with E-state index in [9.17, 15) is 0 Å². The third-order valence-corrected chi connectivity index (χ3v) is 12.0. The van der Waals surface area contributed by atoms with Gasteiger partial charge in [-0.05, 0) is 86.6 Å². The molecule has 1 aromatic heterocycles. The highest BCUT2D eigenvalue weighted by molar-refractivity contribution is 7.25. The van der Waals surface area contributed by atoms with Crippen LogP contribution in [0.25, 0.3) is 64.3 Å². The summed E-state index contributed by atoms with van der Waals surface area (Å²) in [6.07, 6.45) is 0. The van der Waals surface area contributed by atoms with Crippen molar-refractivity contribution in [1.82, 2.24) is 0 Å². The summed E-state index contributed by atoms with van der Waals surface area (Å²) in [5.74, 6) is 0. The zero-order valence-electron chi connectivity index (χ0n) is 28.6. The van der Waals surface area contributed by atoms with E-state index in [1.54, 1.807) is 0 Å². The Hall–Kier alpha value is -5.96. The monoisotopic (exact) mass is 669 g/mol. The Bertz CT molecular complexity index is 2770. The number of benzene rings is 8. The predicted octanol–water partition coefficient (Wildman–Crippen LogP) is 14.3. The van der Waals surface area contributed by atoms with Gasteiger partial charge in [0.05, 0.1) is 11.4 Å². The number of para-hydroxylation sites is 1. The summed E-state index contributed by atoms with van der Waals surface area (Å²) in [6, 6.07) is 64.8. The molecule has 0 fully saturated rings. The van der Waals surface area contributed by atoms with Gasteiger partial charge in [-0.2, -0.15) is 0 Å². The molecular formula is C49H35NS. The van der Waals surface area contributed by atoms with Crippen LogP contribution in [0.2, 0.25) is 0 Å². The summed E-state index contributed by atoms with van der Waals surface area (Å²) in [7, 11) is 0. The van der Waals surface area contributed by atoms with E-state index in [4.69, 9.17) is 0 Å². The molecule has 8 aromatic carbocycles. The summed E-state index contributed by atoms with van der Waals surface area (Å²) in [4.78, 5) is 2.51. The third kappa shape index (κ3) is 4.67. The molecule has 2 heteroatoms. The Labute approximate surface area is 302 Å². The highest BCUT2D eigenvalue weighted by atomic mass is 32.1. The van der Waals surface area contributed by atoms with Crippen molar-refractivity contribution in [3.05, 3.63) is 187 Å².